The Bertz CT molecular complexity index is 978. The van der Waals surface area contributed by atoms with Crippen molar-refractivity contribution in [2.45, 2.75) is 50.0 Å². The van der Waals surface area contributed by atoms with Crippen LogP contribution in [0.1, 0.15) is 48.0 Å². The molecule has 7 heteroatoms. The fourth-order valence-corrected chi connectivity index (χ4v) is 4.62. The van der Waals surface area contributed by atoms with Gasteiger partial charge in [0.2, 0.25) is 5.91 Å². The van der Waals surface area contributed by atoms with Crippen molar-refractivity contribution >= 4 is 27.3 Å². The molecule has 1 aliphatic rings. The quantitative estimate of drug-likeness (QED) is 0.757. The summed E-state index contributed by atoms with van der Waals surface area (Å²) in [4.78, 5) is 25.2. The third kappa shape index (κ3) is 5.67. The number of anilines is 1. The van der Waals surface area contributed by atoms with Crippen LogP contribution in [0.4, 0.5) is 5.69 Å². The highest BCUT2D eigenvalue weighted by molar-refractivity contribution is 7.92. The van der Waals surface area contributed by atoms with Gasteiger partial charge in [0.05, 0.1) is 16.1 Å². The highest BCUT2D eigenvalue weighted by Gasteiger charge is 2.22. The summed E-state index contributed by atoms with van der Waals surface area (Å²) < 4.78 is 25.0. The lowest BCUT2D eigenvalue weighted by atomic mass is 9.95. The maximum atomic E-state index is 12.7. The molecule has 6 nitrogen and oxygen atoms in total. The minimum Gasteiger partial charge on any atom is -0.349 e. The second kappa shape index (κ2) is 9.22. The molecule has 0 spiro atoms. The van der Waals surface area contributed by atoms with Crippen LogP contribution in [0.15, 0.2) is 53.4 Å². The Kier molecular flexibility index (Phi) is 6.69. The van der Waals surface area contributed by atoms with Gasteiger partial charge < -0.3 is 10.6 Å². The summed E-state index contributed by atoms with van der Waals surface area (Å²) >= 11 is 0. The maximum Gasteiger partial charge on any atom is 0.253 e. The van der Waals surface area contributed by atoms with Crippen LogP contribution in [-0.2, 0) is 14.6 Å². The van der Waals surface area contributed by atoms with Crippen molar-refractivity contribution in [3.8, 4) is 0 Å². The van der Waals surface area contributed by atoms with Gasteiger partial charge in [0.15, 0.2) is 9.84 Å². The molecule has 0 bridgehead atoms. The van der Waals surface area contributed by atoms with E-state index in [0.29, 0.717) is 11.3 Å². The molecule has 0 radical (unpaired) electrons. The third-order valence-corrected chi connectivity index (χ3v) is 6.72. The number of nitrogens with one attached hydrogen (secondary N) is 2. The Hall–Kier alpha value is -2.67. The average molecular weight is 415 g/mol. The summed E-state index contributed by atoms with van der Waals surface area (Å²) in [7, 11) is -3.76. The highest BCUT2D eigenvalue weighted by Crippen LogP contribution is 2.20. The first kappa shape index (κ1) is 21.0. The number of benzene rings is 2. The molecule has 0 unspecified atom stereocenters. The number of hydrogen-bond acceptors (Lipinski definition) is 4. The molecule has 2 aromatic rings. The molecule has 2 N–H and O–H groups in total. The molecule has 3 rings (SSSR count). The van der Waals surface area contributed by atoms with Gasteiger partial charge in [-0.1, -0.05) is 49.1 Å². The lowest BCUT2D eigenvalue weighted by molar-refractivity contribution is -0.113. The minimum atomic E-state index is -3.76. The van der Waals surface area contributed by atoms with E-state index in [2.05, 4.69) is 10.6 Å². The van der Waals surface area contributed by atoms with Crippen molar-refractivity contribution in [1.29, 1.82) is 0 Å². The predicted molar refractivity (Wildman–Crippen MR) is 113 cm³/mol. The van der Waals surface area contributed by atoms with E-state index in [4.69, 9.17) is 0 Å². The van der Waals surface area contributed by atoms with Crippen LogP contribution in [0.5, 0.6) is 0 Å². The Morgan fingerprint density at radius 3 is 2.31 bits per heavy atom. The van der Waals surface area contributed by atoms with E-state index in [9.17, 15) is 18.0 Å². The van der Waals surface area contributed by atoms with E-state index in [1.165, 1.54) is 18.6 Å². The molecule has 2 amide bonds. The Balaban J connectivity index is 1.69. The minimum absolute atomic E-state index is 0.0987. The van der Waals surface area contributed by atoms with Gasteiger partial charge in [-0.15, -0.1) is 0 Å². The fraction of sp³-hybridized carbons (Fsp3) is 0.364. The zero-order valence-corrected chi connectivity index (χ0v) is 17.3. The van der Waals surface area contributed by atoms with Gasteiger partial charge in [0, 0.05) is 6.04 Å². The Labute approximate surface area is 171 Å². The number of para-hydroxylation sites is 1. The Morgan fingerprint density at radius 1 is 0.966 bits per heavy atom. The number of aryl methyl sites for hydroxylation is 1. The number of carbonyl (C=O) groups excluding carboxylic acids is 2. The number of hydrogen-bond donors (Lipinski definition) is 2. The van der Waals surface area contributed by atoms with Crippen LogP contribution in [0, 0.1) is 6.92 Å². The summed E-state index contributed by atoms with van der Waals surface area (Å²) in [5, 5.41) is 5.61. The van der Waals surface area contributed by atoms with E-state index in [1.54, 1.807) is 36.4 Å². The highest BCUT2D eigenvalue weighted by atomic mass is 32.2. The SMILES string of the molecule is Cc1ccc(S(=O)(=O)CC(=O)Nc2ccccc2C(=O)NC2CCCCC2)cc1. The van der Waals surface area contributed by atoms with Crippen molar-refractivity contribution in [3.05, 3.63) is 59.7 Å². The average Bonchev–Trinajstić information content (AvgIpc) is 2.69. The topological polar surface area (TPSA) is 92.3 Å². The van der Waals surface area contributed by atoms with Crippen molar-refractivity contribution in [1.82, 2.24) is 5.32 Å². The van der Waals surface area contributed by atoms with E-state index < -0.39 is 21.5 Å². The van der Waals surface area contributed by atoms with Gasteiger partial charge in [-0.25, -0.2) is 8.42 Å². The Morgan fingerprint density at radius 2 is 1.62 bits per heavy atom. The van der Waals surface area contributed by atoms with Gasteiger partial charge >= 0.3 is 0 Å². The zero-order valence-electron chi connectivity index (χ0n) is 16.5. The lowest BCUT2D eigenvalue weighted by Gasteiger charge is -2.23. The number of carbonyl (C=O) groups is 2. The summed E-state index contributed by atoms with van der Waals surface area (Å²) in [6, 6.07) is 13.1. The smallest absolute Gasteiger partial charge is 0.253 e. The van der Waals surface area contributed by atoms with Gasteiger partial charge in [-0.2, -0.15) is 0 Å². The number of sulfone groups is 1. The fourth-order valence-electron chi connectivity index (χ4n) is 3.49. The molecular formula is C22H26N2O4S. The summed E-state index contributed by atoms with van der Waals surface area (Å²) in [5.41, 5.74) is 1.58. The molecule has 29 heavy (non-hydrogen) atoms. The van der Waals surface area contributed by atoms with Crippen molar-refractivity contribution in [3.63, 3.8) is 0 Å². The van der Waals surface area contributed by atoms with Crippen LogP contribution in [0.25, 0.3) is 0 Å². The van der Waals surface area contributed by atoms with Gasteiger partial charge in [0.1, 0.15) is 5.75 Å². The molecule has 154 valence electrons. The zero-order chi connectivity index (χ0) is 20.9. The second-order valence-corrected chi connectivity index (χ2v) is 9.46. The van der Waals surface area contributed by atoms with E-state index in [0.717, 1.165) is 31.2 Å². The van der Waals surface area contributed by atoms with Crippen LogP contribution in [0.3, 0.4) is 0 Å². The van der Waals surface area contributed by atoms with Gasteiger partial charge in [0.25, 0.3) is 5.91 Å². The molecule has 2 aromatic carbocycles. The van der Waals surface area contributed by atoms with Crippen LogP contribution < -0.4 is 10.6 Å². The maximum absolute atomic E-state index is 12.7. The first-order valence-corrected chi connectivity index (χ1v) is 11.5. The summed E-state index contributed by atoms with van der Waals surface area (Å²) in [6.07, 6.45) is 5.29. The van der Waals surface area contributed by atoms with E-state index >= 15 is 0 Å². The van der Waals surface area contributed by atoms with Crippen LogP contribution in [0.2, 0.25) is 0 Å². The third-order valence-electron chi connectivity index (χ3n) is 5.09. The molecule has 0 heterocycles. The summed E-state index contributed by atoms with van der Waals surface area (Å²) in [5.74, 6) is -1.62. The molecule has 1 saturated carbocycles. The molecule has 1 fully saturated rings. The molecular weight excluding hydrogens is 388 g/mol. The van der Waals surface area contributed by atoms with Crippen molar-refractivity contribution in [2.24, 2.45) is 0 Å². The normalized spacial score (nSPS) is 14.9. The van der Waals surface area contributed by atoms with Crippen molar-refractivity contribution in [2.75, 3.05) is 11.1 Å². The number of amides is 2. The van der Waals surface area contributed by atoms with E-state index in [-0.39, 0.29) is 16.8 Å². The van der Waals surface area contributed by atoms with Gasteiger partial charge in [-0.3, -0.25) is 9.59 Å². The number of rotatable bonds is 6. The molecule has 1 aliphatic carbocycles. The molecule has 0 aliphatic heterocycles. The lowest BCUT2D eigenvalue weighted by Crippen LogP contribution is -2.36. The first-order valence-electron chi connectivity index (χ1n) is 9.84. The monoisotopic (exact) mass is 414 g/mol. The molecule has 0 atom stereocenters. The predicted octanol–water partition coefficient (Wildman–Crippen LogP) is 3.47. The molecule has 0 saturated heterocycles. The largest absolute Gasteiger partial charge is 0.349 e. The van der Waals surface area contributed by atoms with Crippen molar-refractivity contribution < 1.29 is 18.0 Å². The second-order valence-electron chi connectivity index (χ2n) is 7.47. The van der Waals surface area contributed by atoms with Crippen LogP contribution >= 0.6 is 0 Å². The standard InChI is InChI=1S/C22H26N2O4S/c1-16-11-13-18(14-12-16)29(27,28)15-21(25)24-20-10-6-5-9-19(20)22(26)23-17-7-3-2-4-8-17/h5-6,9-14,17H,2-4,7-8,15H2,1H3,(H,23,26)(H,24,25). The van der Waals surface area contributed by atoms with E-state index in [1.807, 2.05) is 6.92 Å². The molecule has 0 aromatic heterocycles. The first-order chi connectivity index (χ1) is 13.8. The van der Waals surface area contributed by atoms with Crippen LogP contribution in [-0.4, -0.2) is 32.0 Å². The van der Waals surface area contributed by atoms with Gasteiger partial charge in [-0.05, 0) is 44.0 Å². The summed E-state index contributed by atoms with van der Waals surface area (Å²) in [6.45, 7) is 1.86.